The molecule has 0 saturated carbocycles. The molecule has 0 aliphatic rings. The summed E-state index contributed by atoms with van der Waals surface area (Å²) in [4.78, 5) is 16.9. The molecular weight excluding hydrogens is 478 g/mol. The zero-order chi connectivity index (χ0) is 22.0. The van der Waals surface area contributed by atoms with Gasteiger partial charge in [-0.3, -0.25) is 10.1 Å². The van der Waals surface area contributed by atoms with Crippen molar-refractivity contribution in [1.29, 1.82) is 0 Å². The number of hydrogen-bond acceptors (Lipinski definition) is 5. The quantitative estimate of drug-likeness (QED) is 0.317. The van der Waals surface area contributed by atoms with Crippen LogP contribution in [0.1, 0.15) is 22.8 Å². The predicted molar refractivity (Wildman–Crippen MR) is 128 cm³/mol. The van der Waals surface area contributed by atoms with Gasteiger partial charge in [0.05, 0.1) is 11.1 Å². The summed E-state index contributed by atoms with van der Waals surface area (Å²) in [6.07, 6.45) is 0.904. The van der Waals surface area contributed by atoms with E-state index in [0.29, 0.717) is 32.8 Å². The first-order valence-corrected chi connectivity index (χ1v) is 10.7. The summed E-state index contributed by atoms with van der Waals surface area (Å²) >= 11 is 8.56. The highest BCUT2D eigenvalue weighted by Crippen LogP contribution is 2.33. The number of nitrogens with zero attached hydrogens (tertiary/aromatic N) is 1. The Kier molecular flexibility index (Phi) is 6.01. The smallest absolute Gasteiger partial charge is 0.258 e. The normalized spacial score (nSPS) is 10.8. The SMILES string of the molecule is CCc1ccc2oc(-c3ccc(NC(=S)NC(=O)c4ccccc4Br)cc3O)nc2c1. The fourth-order valence-corrected chi connectivity index (χ4v) is 3.75. The third-order valence-corrected chi connectivity index (χ3v) is 5.59. The lowest BCUT2D eigenvalue weighted by molar-refractivity contribution is 0.0977. The molecule has 0 aliphatic carbocycles. The van der Waals surface area contributed by atoms with Crippen LogP contribution in [-0.2, 0) is 6.42 Å². The molecule has 0 fully saturated rings. The van der Waals surface area contributed by atoms with E-state index >= 15 is 0 Å². The number of aromatic nitrogens is 1. The van der Waals surface area contributed by atoms with Gasteiger partial charge in [-0.15, -0.1) is 0 Å². The van der Waals surface area contributed by atoms with Crippen LogP contribution in [0.2, 0.25) is 0 Å². The number of fused-ring (bicyclic) bond motifs is 1. The van der Waals surface area contributed by atoms with Crippen molar-refractivity contribution < 1.29 is 14.3 Å². The lowest BCUT2D eigenvalue weighted by atomic mass is 10.1. The van der Waals surface area contributed by atoms with Crippen molar-refractivity contribution in [2.24, 2.45) is 0 Å². The molecule has 1 amide bonds. The summed E-state index contributed by atoms with van der Waals surface area (Å²) < 4.78 is 6.46. The fourth-order valence-electron chi connectivity index (χ4n) is 3.08. The molecule has 4 rings (SSSR count). The minimum atomic E-state index is -0.344. The Morgan fingerprint density at radius 3 is 2.71 bits per heavy atom. The number of phenolic OH excluding ortho intramolecular Hbond substituents is 1. The van der Waals surface area contributed by atoms with Crippen LogP contribution in [0, 0.1) is 0 Å². The second-order valence-electron chi connectivity index (χ2n) is 6.79. The Morgan fingerprint density at radius 1 is 1.16 bits per heavy atom. The van der Waals surface area contributed by atoms with Crippen LogP contribution in [0.25, 0.3) is 22.6 Å². The number of aryl methyl sites for hydroxylation is 1. The van der Waals surface area contributed by atoms with E-state index in [-0.39, 0.29) is 16.8 Å². The summed E-state index contributed by atoms with van der Waals surface area (Å²) in [7, 11) is 0. The van der Waals surface area contributed by atoms with E-state index in [9.17, 15) is 9.90 Å². The van der Waals surface area contributed by atoms with Gasteiger partial charge in [0.2, 0.25) is 5.89 Å². The zero-order valence-corrected chi connectivity index (χ0v) is 18.9. The zero-order valence-electron chi connectivity index (χ0n) is 16.5. The van der Waals surface area contributed by atoms with Crippen LogP contribution in [0.4, 0.5) is 5.69 Å². The second-order valence-corrected chi connectivity index (χ2v) is 8.06. The summed E-state index contributed by atoms with van der Waals surface area (Å²) in [5.41, 5.74) is 4.00. The molecule has 1 heterocycles. The maximum atomic E-state index is 12.4. The van der Waals surface area contributed by atoms with Gasteiger partial charge < -0.3 is 14.8 Å². The van der Waals surface area contributed by atoms with Gasteiger partial charge in [0.1, 0.15) is 11.3 Å². The van der Waals surface area contributed by atoms with E-state index in [1.165, 1.54) is 6.07 Å². The standard InChI is InChI=1S/C23H18BrN3O3S/c1-2-13-7-10-20-18(11-13)26-22(30-20)16-9-8-14(12-19(16)28)25-23(31)27-21(29)15-5-3-4-6-17(15)24/h3-12,28H,2H2,1H3,(H2,25,27,29,31). The first-order valence-electron chi connectivity index (χ1n) is 9.54. The Morgan fingerprint density at radius 2 is 1.97 bits per heavy atom. The van der Waals surface area contributed by atoms with Crippen molar-refractivity contribution in [2.75, 3.05) is 5.32 Å². The molecule has 156 valence electrons. The molecule has 3 N–H and O–H groups in total. The van der Waals surface area contributed by atoms with Gasteiger partial charge in [0.25, 0.3) is 5.91 Å². The van der Waals surface area contributed by atoms with Gasteiger partial charge in [0, 0.05) is 16.2 Å². The van der Waals surface area contributed by atoms with Gasteiger partial charge in [-0.05, 0) is 76.5 Å². The molecule has 6 nitrogen and oxygen atoms in total. The van der Waals surface area contributed by atoms with E-state index in [2.05, 4.69) is 38.5 Å². The predicted octanol–water partition coefficient (Wildman–Crippen LogP) is 5.65. The molecule has 0 radical (unpaired) electrons. The van der Waals surface area contributed by atoms with Crippen LogP contribution in [0.3, 0.4) is 0 Å². The molecule has 0 aliphatic heterocycles. The first-order chi connectivity index (χ1) is 14.9. The van der Waals surface area contributed by atoms with Crippen molar-refractivity contribution >= 4 is 56.0 Å². The van der Waals surface area contributed by atoms with Gasteiger partial charge in [0.15, 0.2) is 10.7 Å². The minimum Gasteiger partial charge on any atom is -0.507 e. The number of rotatable bonds is 4. The third-order valence-electron chi connectivity index (χ3n) is 4.69. The topological polar surface area (TPSA) is 87.4 Å². The van der Waals surface area contributed by atoms with Gasteiger partial charge >= 0.3 is 0 Å². The number of carbonyl (C=O) groups is 1. The van der Waals surface area contributed by atoms with Crippen molar-refractivity contribution in [2.45, 2.75) is 13.3 Å². The first kappa shape index (κ1) is 21.0. The van der Waals surface area contributed by atoms with E-state index in [4.69, 9.17) is 16.6 Å². The molecule has 0 atom stereocenters. The Hall–Kier alpha value is -3.23. The van der Waals surface area contributed by atoms with Crippen LogP contribution in [0.5, 0.6) is 5.75 Å². The highest BCUT2D eigenvalue weighted by Gasteiger charge is 2.15. The summed E-state index contributed by atoms with van der Waals surface area (Å²) in [5.74, 6) is -0.0342. The van der Waals surface area contributed by atoms with Crippen LogP contribution in [0.15, 0.2) is 69.6 Å². The number of halogens is 1. The van der Waals surface area contributed by atoms with E-state index < -0.39 is 0 Å². The number of aromatic hydroxyl groups is 1. The number of amides is 1. The average Bonchev–Trinajstić information content (AvgIpc) is 3.16. The molecule has 8 heteroatoms. The van der Waals surface area contributed by atoms with E-state index in [0.717, 1.165) is 17.5 Å². The number of anilines is 1. The molecule has 1 aromatic heterocycles. The number of nitrogens with one attached hydrogen (secondary N) is 2. The van der Waals surface area contributed by atoms with Crippen LogP contribution >= 0.6 is 28.1 Å². The molecule has 0 saturated heterocycles. The lowest BCUT2D eigenvalue weighted by Crippen LogP contribution is -2.34. The number of hydrogen-bond donors (Lipinski definition) is 3. The summed E-state index contributed by atoms with van der Waals surface area (Å²) in [5, 5.41) is 16.1. The molecule has 31 heavy (non-hydrogen) atoms. The van der Waals surface area contributed by atoms with Crippen molar-refractivity contribution in [3.63, 3.8) is 0 Å². The van der Waals surface area contributed by atoms with Gasteiger partial charge in [-0.1, -0.05) is 25.1 Å². The number of phenols is 1. The molecular formula is C23H18BrN3O3S. The number of benzene rings is 3. The maximum absolute atomic E-state index is 12.4. The number of oxazole rings is 1. The van der Waals surface area contributed by atoms with Crippen molar-refractivity contribution in [1.82, 2.24) is 10.3 Å². The Balaban J connectivity index is 1.49. The average molecular weight is 496 g/mol. The summed E-state index contributed by atoms with van der Waals surface area (Å²) in [6, 6.07) is 17.8. The molecule has 3 aromatic carbocycles. The third kappa shape index (κ3) is 4.60. The maximum Gasteiger partial charge on any atom is 0.258 e. The Labute approximate surface area is 192 Å². The Bertz CT molecular complexity index is 1300. The van der Waals surface area contributed by atoms with Crippen LogP contribution < -0.4 is 10.6 Å². The monoisotopic (exact) mass is 495 g/mol. The minimum absolute atomic E-state index is 0.0211. The van der Waals surface area contributed by atoms with Gasteiger partial charge in [-0.25, -0.2) is 4.98 Å². The molecule has 4 aromatic rings. The summed E-state index contributed by atoms with van der Waals surface area (Å²) in [6.45, 7) is 2.07. The van der Waals surface area contributed by atoms with Crippen molar-refractivity contribution in [3.8, 4) is 17.2 Å². The van der Waals surface area contributed by atoms with Crippen LogP contribution in [-0.4, -0.2) is 21.1 Å². The number of thiocarbonyl (C=S) groups is 1. The fraction of sp³-hybridized carbons (Fsp3) is 0.0870. The van der Waals surface area contributed by atoms with Crippen molar-refractivity contribution in [3.05, 3.63) is 76.3 Å². The highest BCUT2D eigenvalue weighted by molar-refractivity contribution is 9.10. The number of carbonyl (C=O) groups excluding carboxylic acids is 1. The lowest BCUT2D eigenvalue weighted by Gasteiger charge is -2.11. The highest BCUT2D eigenvalue weighted by atomic mass is 79.9. The molecule has 0 spiro atoms. The molecule has 0 unspecified atom stereocenters. The van der Waals surface area contributed by atoms with E-state index in [1.807, 2.05) is 24.3 Å². The second kappa shape index (κ2) is 8.87. The largest absolute Gasteiger partial charge is 0.507 e. The van der Waals surface area contributed by atoms with Gasteiger partial charge in [-0.2, -0.15) is 0 Å². The molecule has 0 bridgehead atoms. The van der Waals surface area contributed by atoms with E-state index in [1.54, 1.807) is 30.3 Å².